The Balaban J connectivity index is 2.12. The lowest BCUT2D eigenvalue weighted by Crippen LogP contribution is -2.43. The summed E-state index contributed by atoms with van der Waals surface area (Å²) in [6.45, 7) is 8.20. The third-order valence-corrected chi connectivity index (χ3v) is 5.24. The molecule has 0 N–H and O–H groups in total. The topological polar surface area (TPSA) is 35.5 Å². The minimum absolute atomic E-state index is 0.0404. The van der Waals surface area contributed by atoms with Crippen LogP contribution in [-0.2, 0) is 14.3 Å². The maximum Gasteiger partial charge on any atom is 0.160 e. The Kier molecular flexibility index (Phi) is 8.80. The summed E-state index contributed by atoms with van der Waals surface area (Å²) >= 11 is 0. The van der Waals surface area contributed by atoms with E-state index >= 15 is 0 Å². The van der Waals surface area contributed by atoms with Gasteiger partial charge in [-0.05, 0) is 18.9 Å². The zero-order valence-electron chi connectivity index (χ0n) is 16.9. The molecule has 1 aliphatic rings. The minimum atomic E-state index is -0.178. The van der Waals surface area contributed by atoms with E-state index in [4.69, 9.17) is 9.47 Å². The van der Waals surface area contributed by atoms with Crippen molar-refractivity contribution in [2.24, 2.45) is 5.92 Å². The van der Waals surface area contributed by atoms with E-state index in [1.165, 1.54) is 31.2 Å². The monoisotopic (exact) mass is 360 g/mol. The highest BCUT2D eigenvalue weighted by atomic mass is 16.7. The molecule has 1 saturated heterocycles. The summed E-state index contributed by atoms with van der Waals surface area (Å²) in [4.78, 5) is 11.9. The molecule has 2 rings (SSSR count). The first kappa shape index (κ1) is 21.1. The van der Waals surface area contributed by atoms with Gasteiger partial charge in [0.2, 0.25) is 0 Å². The van der Waals surface area contributed by atoms with E-state index in [9.17, 15) is 4.79 Å². The summed E-state index contributed by atoms with van der Waals surface area (Å²) in [6, 6.07) is 10.3. The average Bonchev–Trinajstić information content (AvgIpc) is 2.63. The van der Waals surface area contributed by atoms with Gasteiger partial charge in [-0.25, -0.2) is 0 Å². The van der Waals surface area contributed by atoms with E-state index in [1.807, 2.05) is 18.2 Å². The van der Waals surface area contributed by atoms with Gasteiger partial charge in [-0.15, -0.1) is 0 Å². The number of ether oxygens (including phenoxy) is 2. The fourth-order valence-corrected chi connectivity index (χ4v) is 3.80. The number of carbonyl (C=O) groups excluding carboxylic acids is 1. The van der Waals surface area contributed by atoms with Crippen LogP contribution in [0.5, 0.6) is 0 Å². The van der Waals surface area contributed by atoms with Crippen LogP contribution in [0.1, 0.15) is 84.1 Å². The number of ketones is 1. The number of benzene rings is 1. The smallest absolute Gasteiger partial charge is 0.160 e. The molecule has 1 aromatic carbocycles. The second-order valence-corrected chi connectivity index (χ2v) is 8.05. The molecule has 146 valence electrons. The Morgan fingerprint density at radius 3 is 2.46 bits per heavy atom. The molecule has 3 nitrogen and oxygen atoms in total. The summed E-state index contributed by atoms with van der Waals surface area (Å²) in [5, 5.41) is 0. The summed E-state index contributed by atoms with van der Waals surface area (Å²) in [6.07, 6.45) is 7.60. The van der Waals surface area contributed by atoms with Crippen LogP contribution >= 0.6 is 0 Å². The van der Waals surface area contributed by atoms with Gasteiger partial charge in [0.15, 0.2) is 6.29 Å². The van der Waals surface area contributed by atoms with Crippen molar-refractivity contribution < 1.29 is 14.3 Å². The molecule has 3 heteroatoms. The molecule has 0 aromatic heterocycles. The largest absolute Gasteiger partial charge is 0.349 e. The highest BCUT2D eigenvalue weighted by Gasteiger charge is 2.36. The predicted molar refractivity (Wildman–Crippen MR) is 106 cm³/mol. The molecule has 0 unspecified atom stereocenters. The van der Waals surface area contributed by atoms with Crippen LogP contribution in [0.3, 0.4) is 0 Å². The molecule has 1 heterocycles. The molecule has 0 saturated carbocycles. The lowest BCUT2D eigenvalue weighted by molar-refractivity contribution is -0.264. The number of Topliss-reactive ketones (excluding diaryl/α,β-unsaturated/α-hetero) is 1. The molecule has 0 spiro atoms. The second-order valence-electron chi connectivity index (χ2n) is 8.05. The summed E-state index contributed by atoms with van der Waals surface area (Å²) in [5.41, 5.74) is 1.20. The highest BCUT2D eigenvalue weighted by Crippen LogP contribution is 2.36. The summed E-state index contributed by atoms with van der Waals surface area (Å²) in [5.74, 6) is 0.635. The number of hydrogen-bond acceptors (Lipinski definition) is 3. The average molecular weight is 361 g/mol. The third-order valence-electron chi connectivity index (χ3n) is 5.24. The van der Waals surface area contributed by atoms with E-state index in [2.05, 4.69) is 32.9 Å². The van der Waals surface area contributed by atoms with Crippen molar-refractivity contribution in [3.05, 3.63) is 35.9 Å². The van der Waals surface area contributed by atoms with Gasteiger partial charge in [0.25, 0.3) is 0 Å². The molecule has 0 amide bonds. The first-order valence-corrected chi connectivity index (χ1v) is 10.4. The first-order valence-electron chi connectivity index (χ1n) is 10.4. The Morgan fingerprint density at radius 1 is 1.12 bits per heavy atom. The van der Waals surface area contributed by atoms with Gasteiger partial charge in [0, 0.05) is 24.7 Å². The van der Waals surface area contributed by atoms with E-state index in [-0.39, 0.29) is 30.2 Å². The minimum Gasteiger partial charge on any atom is -0.349 e. The number of rotatable bonds is 10. The Bertz CT molecular complexity index is 526. The molecule has 4 atom stereocenters. The zero-order chi connectivity index (χ0) is 18.9. The van der Waals surface area contributed by atoms with Gasteiger partial charge in [-0.2, -0.15) is 0 Å². The fraction of sp³-hybridized carbons (Fsp3) is 0.696. The Hall–Kier alpha value is -1.19. The van der Waals surface area contributed by atoms with Crippen LogP contribution in [0.4, 0.5) is 0 Å². The lowest BCUT2D eigenvalue weighted by atomic mass is 9.85. The Morgan fingerprint density at radius 2 is 1.85 bits per heavy atom. The van der Waals surface area contributed by atoms with Crippen LogP contribution in [0.25, 0.3) is 0 Å². The van der Waals surface area contributed by atoms with Gasteiger partial charge in [0.05, 0.1) is 12.2 Å². The maximum atomic E-state index is 11.9. The van der Waals surface area contributed by atoms with Crippen LogP contribution < -0.4 is 0 Å². The van der Waals surface area contributed by atoms with Crippen molar-refractivity contribution in [1.82, 2.24) is 0 Å². The van der Waals surface area contributed by atoms with Crippen molar-refractivity contribution in [3.63, 3.8) is 0 Å². The number of hydrogen-bond donors (Lipinski definition) is 0. The van der Waals surface area contributed by atoms with Crippen LogP contribution in [0, 0.1) is 5.92 Å². The Labute approximate surface area is 159 Å². The van der Waals surface area contributed by atoms with Crippen LogP contribution in [0.15, 0.2) is 30.3 Å². The van der Waals surface area contributed by atoms with Gasteiger partial charge >= 0.3 is 0 Å². The van der Waals surface area contributed by atoms with Crippen molar-refractivity contribution >= 4 is 5.78 Å². The van der Waals surface area contributed by atoms with Gasteiger partial charge in [0.1, 0.15) is 5.78 Å². The molecular formula is C23H36O3. The van der Waals surface area contributed by atoms with Gasteiger partial charge in [-0.3, -0.25) is 0 Å². The first-order chi connectivity index (χ1) is 12.5. The molecular weight excluding hydrogens is 324 g/mol. The normalized spacial score (nSPS) is 24.6. The quantitative estimate of drug-likeness (QED) is 0.489. The fourth-order valence-electron chi connectivity index (χ4n) is 3.80. The molecule has 26 heavy (non-hydrogen) atoms. The molecule has 0 bridgehead atoms. The van der Waals surface area contributed by atoms with E-state index in [0.29, 0.717) is 12.3 Å². The number of unbranched alkanes of at least 4 members (excludes halogenated alkanes) is 3. The van der Waals surface area contributed by atoms with Crippen molar-refractivity contribution in [2.45, 2.75) is 97.1 Å². The van der Waals surface area contributed by atoms with Crippen LogP contribution in [0.2, 0.25) is 0 Å². The maximum absolute atomic E-state index is 11.9. The molecule has 0 radical (unpaired) electrons. The van der Waals surface area contributed by atoms with Gasteiger partial charge < -0.3 is 14.3 Å². The van der Waals surface area contributed by atoms with Crippen molar-refractivity contribution in [1.29, 1.82) is 0 Å². The third kappa shape index (κ3) is 6.51. The molecule has 1 fully saturated rings. The number of carbonyl (C=O) groups is 1. The molecule has 0 aliphatic carbocycles. The lowest BCUT2D eigenvalue weighted by Gasteiger charge is -2.41. The molecule has 1 aromatic rings. The van der Waals surface area contributed by atoms with Crippen molar-refractivity contribution in [2.75, 3.05) is 0 Å². The zero-order valence-corrected chi connectivity index (χ0v) is 16.9. The standard InChI is InChI=1S/C23H36O3/c1-5-6-7-11-14-20-16-22(26-23(25-20)17(2)3)21(15-18(4)24)19-12-9-8-10-13-19/h8-10,12-13,17,20-23H,5-7,11,14-16H2,1-4H3/t20-,21+,22-,23-/m1/s1. The molecule has 1 aliphatic heterocycles. The van der Waals surface area contributed by atoms with E-state index in [0.717, 1.165) is 12.8 Å². The SMILES string of the molecule is CCCCCC[C@@H]1C[C@H]([C@@H](CC(C)=O)c2ccccc2)O[C@H](C(C)C)O1. The summed E-state index contributed by atoms with van der Waals surface area (Å²) < 4.78 is 12.6. The van der Waals surface area contributed by atoms with Crippen molar-refractivity contribution in [3.8, 4) is 0 Å². The second kappa shape index (κ2) is 10.8. The summed E-state index contributed by atoms with van der Waals surface area (Å²) in [7, 11) is 0. The highest BCUT2D eigenvalue weighted by molar-refractivity contribution is 5.76. The van der Waals surface area contributed by atoms with E-state index < -0.39 is 0 Å². The van der Waals surface area contributed by atoms with Gasteiger partial charge in [-0.1, -0.05) is 76.8 Å². The predicted octanol–water partition coefficient (Wildman–Crippen LogP) is 5.88. The van der Waals surface area contributed by atoms with E-state index in [1.54, 1.807) is 6.92 Å². The van der Waals surface area contributed by atoms with Crippen LogP contribution in [-0.4, -0.2) is 24.3 Å².